The number of hydrogen-bond donors (Lipinski definition) is 3. The molecule has 140 valence electrons. The van der Waals surface area contributed by atoms with Crippen LogP contribution in [0.1, 0.15) is 12.0 Å². The summed E-state index contributed by atoms with van der Waals surface area (Å²) in [4.78, 5) is 29.9. The molecule has 3 rings (SSSR count). The number of fused-ring (bicyclic) bond motifs is 1. The number of nitrogens with one attached hydrogen (secondary N) is 3. The van der Waals surface area contributed by atoms with Gasteiger partial charge in [-0.05, 0) is 48.2 Å². The molecule has 2 heterocycles. The van der Waals surface area contributed by atoms with Crippen molar-refractivity contribution in [3.8, 4) is 0 Å². The van der Waals surface area contributed by atoms with E-state index in [1.165, 1.54) is 24.3 Å². The molecule has 0 fully saturated rings. The summed E-state index contributed by atoms with van der Waals surface area (Å²) in [5.74, 6) is 0.0714. The van der Waals surface area contributed by atoms with Crippen LogP contribution in [0, 0.1) is 6.92 Å². The van der Waals surface area contributed by atoms with Crippen LogP contribution >= 0.6 is 0 Å². The summed E-state index contributed by atoms with van der Waals surface area (Å²) in [5, 5.41) is 3.20. The Labute approximate surface area is 155 Å². The lowest BCUT2D eigenvalue weighted by Crippen LogP contribution is -2.28. The van der Waals surface area contributed by atoms with Gasteiger partial charge in [-0.15, -0.1) is 0 Å². The van der Waals surface area contributed by atoms with E-state index in [0.29, 0.717) is 16.7 Å². The molecule has 1 aromatic carbocycles. The predicted octanol–water partition coefficient (Wildman–Crippen LogP) is 1.54. The van der Waals surface area contributed by atoms with Crippen molar-refractivity contribution in [2.45, 2.75) is 18.2 Å². The maximum atomic E-state index is 12.4. The van der Waals surface area contributed by atoms with Crippen molar-refractivity contribution < 1.29 is 13.2 Å². The molecule has 3 N–H and O–H groups in total. The van der Waals surface area contributed by atoms with Gasteiger partial charge in [0, 0.05) is 30.7 Å². The van der Waals surface area contributed by atoms with E-state index in [1.54, 1.807) is 18.3 Å². The molecule has 0 aliphatic carbocycles. The van der Waals surface area contributed by atoms with E-state index >= 15 is 0 Å². The SMILES string of the molecule is Cc1ccc(NC(=O)CCNS(=O)(=O)c2ccc3[nH]c(=O)ccc3c2)nc1. The molecule has 0 unspecified atom stereocenters. The second-order valence-electron chi connectivity index (χ2n) is 5.99. The summed E-state index contributed by atoms with van der Waals surface area (Å²) in [7, 11) is -3.77. The average Bonchev–Trinajstić information content (AvgIpc) is 2.63. The van der Waals surface area contributed by atoms with Crippen LogP contribution in [0.3, 0.4) is 0 Å². The Kier molecular flexibility index (Phi) is 5.33. The lowest BCUT2D eigenvalue weighted by Gasteiger charge is -2.08. The van der Waals surface area contributed by atoms with Gasteiger partial charge in [0.2, 0.25) is 21.5 Å². The number of hydrogen-bond acceptors (Lipinski definition) is 5. The average molecular weight is 386 g/mol. The van der Waals surface area contributed by atoms with Crippen LogP contribution in [0.25, 0.3) is 10.9 Å². The zero-order valence-electron chi connectivity index (χ0n) is 14.5. The number of benzene rings is 1. The van der Waals surface area contributed by atoms with Crippen molar-refractivity contribution in [1.82, 2.24) is 14.7 Å². The summed E-state index contributed by atoms with van der Waals surface area (Å²) in [6, 6.07) is 10.8. The van der Waals surface area contributed by atoms with Crippen LogP contribution in [0.5, 0.6) is 0 Å². The quantitative estimate of drug-likeness (QED) is 0.593. The zero-order valence-corrected chi connectivity index (χ0v) is 15.3. The first-order chi connectivity index (χ1) is 12.8. The van der Waals surface area contributed by atoms with E-state index in [9.17, 15) is 18.0 Å². The van der Waals surface area contributed by atoms with Crippen molar-refractivity contribution in [2.75, 3.05) is 11.9 Å². The predicted molar refractivity (Wildman–Crippen MR) is 102 cm³/mol. The highest BCUT2D eigenvalue weighted by atomic mass is 32.2. The first-order valence-electron chi connectivity index (χ1n) is 8.19. The first-order valence-corrected chi connectivity index (χ1v) is 9.67. The molecule has 3 aromatic rings. The molecule has 9 heteroatoms. The number of H-pyrrole nitrogens is 1. The number of nitrogens with zero attached hydrogens (tertiary/aromatic N) is 1. The van der Waals surface area contributed by atoms with E-state index in [1.807, 2.05) is 13.0 Å². The van der Waals surface area contributed by atoms with Crippen LogP contribution in [-0.4, -0.2) is 30.8 Å². The smallest absolute Gasteiger partial charge is 0.248 e. The van der Waals surface area contributed by atoms with Crippen molar-refractivity contribution >= 4 is 32.7 Å². The summed E-state index contributed by atoms with van der Waals surface area (Å²) in [5.41, 5.74) is 1.26. The number of anilines is 1. The minimum atomic E-state index is -3.77. The Balaban J connectivity index is 1.61. The van der Waals surface area contributed by atoms with Gasteiger partial charge in [-0.1, -0.05) is 6.07 Å². The molecular formula is C18H18N4O4S. The molecule has 0 saturated carbocycles. The van der Waals surface area contributed by atoms with Crippen molar-refractivity contribution in [2.24, 2.45) is 0 Å². The molecule has 0 saturated heterocycles. The van der Waals surface area contributed by atoms with E-state index in [2.05, 4.69) is 20.0 Å². The molecule has 0 aliphatic rings. The second-order valence-corrected chi connectivity index (χ2v) is 7.76. The van der Waals surface area contributed by atoms with Crippen LogP contribution in [0.15, 0.2) is 58.4 Å². The number of sulfonamides is 1. The number of aromatic amines is 1. The number of amides is 1. The third kappa shape index (κ3) is 4.78. The second kappa shape index (κ2) is 7.68. The fraction of sp³-hybridized carbons (Fsp3) is 0.167. The molecule has 0 bridgehead atoms. The molecule has 27 heavy (non-hydrogen) atoms. The van der Waals surface area contributed by atoms with Crippen molar-refractivity contribution in [3.05, 3.63) is 64.6 Å². The highest BCUT2D eigenvalue weighted by molar-refractivity contribution is 7.89. The van der Waals surface area contributed by atoms with Gasteiger partial charge in [-0.25, -0.2) is 18.1 Å². The zero-order chi connectivity index (χ0) is 19.4. The molecule has 1 amide bonds. The van der Waals surface area contributed by atoms with Gasteiger partial charge in [-0.3, -0.25) is 9.59 Å². The number of carbonyl (C=O) groups excluding carboxylic acids is 1. The summed E-state index contributed by atoms with van der Waals surface area (Å²) in [6.45, 7) is 1.83. The summed E-state index contributed by atoms with van der Waals surface area (Å²) < 4.78 is 27.2. The largest absolute Gasteiger partial charge is 0.322 e. The number of aromatic nitrogens is 2. The van der Waals surface area contributed by atoms with Crippen LogP contribution in [0.2, 0.25) is 0 Å². The fourth-order valence-corrected chi connectivity index (χ4v) is 3.50. The van der Waals surface area contributed by atoms with Gasteiger partial charge in [0.1, 0.15) is 5.82 Å². The van der Waals surface area contributed by atoms with Crippen LogP contribution in [-0.2, 0) is 14.8 Å². The monoisotopic (exact) mass is 386 g/mol. The molecule has 8 nitrogen and oxygen atoms in total. The minimum absolute atomic E-state index is 0.0321. The topological polar surface area (TPSA) is 121 Å². The van der Waals surface area contributed by atoms with Gasteiger partial charge in [0.15, 0.2) is 0 Å². The lowest BCUT2D eigenvalue weighted by atomic mass is 10.2. The molecule has 0 radical (unpaired) electrons. The van der Waals surface area contributed by atoms with E-state index in [0.717, 1.165) is 5.56 Å². The van der Waals surface area contributed by atoms with E-state index < -0.39 is 10.0 Å². The van der Waals surface area contributed by atoms with Crippen molar-refractivity contribution in [1.29, 1.82) is 0 Å². The Morgan fingerprint density at radius 2 is 1.96 bits per heavy atom. The summed E-state index contributed by atoms with van der Waals surface area (Å²) >= 11 is 0. The number of carbonyl (C=O) groups is 1. The Morgan fingerprint density at radius 3 is 2.70 bits per heavy atom. The van der Waals surface area contributed by atoms with Gasteiger partial charge >= 0.3 is 0 Å². The van der Waals surface area contributed by atoms with Crippen LogP contribution in [0.4, 0.5) is 5.82 Å². The van der Waals surface area contributed by atoms with Gasteiger partial charge < -0.3 is 10.3 Å². The first kappa shape index (κ1) is 18.7. The van der Waals surface area contributed by atoms with E-state index in [-0.39, 0.29) is 29.3 Å². The molecule has 2 aromatic heterocycles. The van der Waals surface area contributed by atoms with Gasteiger partial charge in [0.05, 0.1) is 4.90 Å². The van der Waals surface area contributed by atoms with Gasteiger partial charge in [-0.2, -0.15) is 0 Å². The minimum Gasteiger partial charge on any atom is -0.322 e. The number of pyridine rings is 2. The summed E-state index contributed by atoms with van der Waals surface area (Å²) in [6.07, 6.45) is 1.60. The Hall–Kier alpha value is -3.04. The highest BCUT2D eigenvalue weighted by Crippen LogP contribution is 2.16. The lowest BCUT2D eigenvalue weighted by molar-refractivity contribution is -0.116. The Bertz CT molecular complexity index is 1140. The van der Waals surface area contributed by atoms with Gasteiger partial charge in [0.25, 0.3) is 0 Å². The standard InChI is InChI=1S/C18H18N4O4S/c1-12-2-6-16(19-11-12)22-18(24)8-9-20-27(25,26)14-4-5-15-13(10-14)3-7-17(23)21-15/h2-7,10-11,20H,8-9H2,1H3,(H,21,23)(H,19,22,24). The normalized spacial score (nSPS) is 11.4. The number of aryl methyl sites for hydroxylation is 1. The third-order valence-corrected chi connectivity index (χ3v) is 5.29. The molecule has 0 atom stereocenters. The molecule has 0 aliphatic heterocycles. The number of rotatable bonds is 6. The highest BCUT2D eigenvalue weighted by Gasteiger charge is 2.15. The van der Waals surface area contributed by atoms with E-state index in [4.69, 9.17) is 0 Å². The Morgan fingerprint density at radius 1 is 1.15 bits per heavy atom. The maximum Gasteiger partial charge on any atom is 0.248 e. The maximum absolute atomic E-state index is 12.4. The molecule has 0 spiro atoms. The van der Waals surface area contributed by atoms with Crippen molar-refractivity contribution in [3.63, 3.8) is 0 Å². The van der Waals surface area contributed by atoms with Crippen LogP contribution < -0.4 is 15.6 Å². The third-order valence-electron chi connectivity index (χ3n) is 3.83. The fourth-order valence-electron chi connectivity index (χ4n) is 2.43. The molecular weight excluding hydrogens is 368 g/mol.